The van der Waals surface area contributed by atoms with Crippen molar-refractivity contribution in [1.29, 1.82) is 0 Å². The van der Waals surface area contributed by atoms with Crippen LogP contribution in [0.2, 0.25) is 0 Å². The fourth-order valence-corrected chi connectivity index (χ4v) is 3.31. The Morgan fingerprint density at radius 3 is 2.25 bits per heavy atom. The second-order valence-electron chi connectivity index (χ2n) is 6.52. The van der Waals surface area contributed by atoms with E-state index < -0.39 is 11.6 Å². The summed E-state index contributed by atoms with van der Waals surface area (Å²) in [6, 6.07) is 13.3. The zero-order chi connectivity index (χ0) is 17.1. The van der Waals surface area contributed by atoms with Crippen LogP contribution >= 0.6 is 0 Å². The van der Waals surface area contributed by atoms with Gasteiger partial charge in [0.25, 0.3) is 0 Å². The molecule has 0 aliphatic carbocycles. The molecule has 1 aliphatic rings. The fraction of sp³-hybridized carbons (Fsp3) is 0.400. The van der Waals surface area contributed by atoms with Crippen molar-refractivity contribution in [3.05, 3.63) is 65.2 Å². The van der Waals surface area contributed by atoms with Crippen molar-refractivity contribution in [2.75, 3.05) is 18.0 Å². The summed E-state index contributed by atoms with van der Waals surface area (Å²) in [6.07, 6.45) is 1.20. The topological polar surface area (TPSA) is 12.5 Å². The summed E-state index contributed by atoms with van der Waals surface area (Å²) in [7, 11) is 0. The van der Waals surface area contributed by atoms with Crippen LogP contribution in [0, 0.1) is 11.6 Å². The lowest BCUT2D eigenvalue weighted by atomic mass is 10.0. The van der Waals surface area contributed by atoms with Gasteiger partial charge in [-0.1, -0.05) is 36.4 Å². The Bertz CT molecular complexity index is 680. The van der Waals surface area contributed by atoms with Gasteiger partial charge in [-0.25, -0.2) is 8.78 Å². The van der Waals surface area contributed by atoms with Gasteiger partial charge < -0.3 is 9.64 Å². The van der Waals surface area contributed by atoms with Crippen LogP contribution in [0.3, 0.4) is 0 Å². The molecule has 3 rings (SSSR count). The number of ether oxygens (including phenoxy) is 1. The maximum atomic E-state index is 14.6. The predicted octanol–water partition coefficient (Wildman–Crippen LogP) is 4.36. The molecule has 0 amide bonds. The molecule has 0 spiro atoms. The smallest absolute Gasteiger partial charge is 0.182 e. The first-order valence-electron chi connectivity index (χ1n) is 8.46. The highest BCUT2D eigenvalue weighted by atomic mass is 19.2. The molecule has 128 valence electrons. The molecule has 2 atom stereocenters. The third-order valence-electron chi connectivity index (χ3n) is 4.43. The van der Waals surface area contributed by atoms with Gasteiger partial charge in [0.2, 0.25) is 0 Å². The van der Waals surface area contributed by atoms with Crippen molar-refractivity contribution in [2.24, 2.45) is 0 Å². The Hall–Kier alpha value is -1.94. The Morgan fingerprint density at radius 1 is 0.917 bits per heavy atom. The van der Waals surface area contributed by atoms with Gasteiger partial charge in [-0.2, -0.15) is 0 Å². The van der Waals surface area contributed by atoms with E-state index in [9.17, 15) is 8.78 Å². The Morgan fingerprint density at radius 2 is 1.58 bits per heavy atom. The number of anilines is 1. The van der Waals surface area contributed by atoms with E-state index in [0.717, 1.165) is 5.56 Å². The lowest BCUT2D eigenvalue weighted by molar-refractivity contribution is -0.00543. The van der Waals surface area contributed by atoms with Crippen LogP contribution in [0.5, 0.6) is 0 Å². The zero-order valence-corrected chi connectivity index (χ0v) is 14.1. The van der Waals surface area contributed by atoms with E-state index in [4.69, 9.17) is 4.74 Å². The molecule has 2 aromatic carbocycles. The molecule has 0 saturated carbocycles. The molecular weight excluding hydrogens is 308 g/mol. The van der Waals surface area contributed by atoms with Crippen molar-refractivity contribution in [1.82, 2.24) is 0 Å². The molecule has 0 N–H and O–H groups in total. The normalized spacial score (nSPS) is 21.1. The molecule has 24 heavy (non-hydrogen) atoms. The summed E-state index contributed by atoms with van der Waals surface area (Å²) in [5.74, 6) is -1.47. The summed E-state index contributed by atoms with van der Waals surface area (Å²) in [5.41, 5.74) is 1.88. The molecule has 0 bridgehead atoms. The minimum absolute atomic E-state index is 0.00830. The van der Waals surface area contributed by atoms with Crippen molar-refractivity contribution < 1.29 is 13.5 Å². The number of morpholine rings is 1. The van der Waals surface area contributed by atoms with E-state index in [1.165, 1.54) is 0 Å². The minimum Gasteiger partial charge on any atom is -0.372 e. The molecule has 4 heteroatoms. The van der Waals surface area contributed by atoms with E-state index in [2.05, 4.69) is 0 Å². The van der Waals surface area contributed by atoms with Gasteiger partial charge in [-0.15, -0.1) is 0 Å². The number of rotatable bonds is 4. The maximum absolute atomic E-state index is 14.6. The van der Waals surface area contributed by atoms with Gasteiger partial charge in [0.1, 0.15) is 0 Å². The number of hydrogen-bond donors (Lipinski definition) is 0. The standard InChI is InChI=1S/C20H23F2NO/c1-14-12-23(13-15(2)24-14)18-11-10-17(19(21)20(18)22)9-8-16-6-4-3-5-7-16/h3-7,10-11,14-15H,8-9,12-13H2,1-2H3/t14-,15+. The van der Waals surface area contributed by atoms with Crippen LogP contribution in [0.15, 0.2) is 42.5 Å². The highest BCUT2D eigenvalue weighted by Gasteiger charge is 2.26. The van der Waals surface area contributed by atoms with Crippen LogP contribution in [0.4, 0.5) is 14.5 Å². The van der Waals surface area contributed by atoms with Gasteiger partial charge >= 0.3 is 0 Å². The predicted molar refractivity (Wildman–Crippen MR) is 92.4 cm³/mol. The molecule has 0 radical (unpaired) electrons. The summed E-state index contributed by atoms with van der Waals surface area (Å²) in [4.78, 5) is 1.87. The van der Waals surface area contributed by atoms with Gasteiger partial charge in [-0.05, 0) is 43.9 Å². The quantitative estimate of drug-likeness (QED) is 0.825. The Kier molecular flexibility index (Phi) is 5.14. The van der Waals surface area contributed by atoms with Crippen molar-refractivity contribution in [2.45, 2.75) is 38.9 Å². The fourth-order valence-electron chi connectivity index (χ4n) is 3.31. The molecule has 1 saturated heterocycles. The molecule has 1 aliphatic heterocycles. The summed E-state index contributed by atoms with van der Waals surface area (Å²) in [5, 5.41) is 0. The number of hydrogen-bond acceptors (Lipinski definition) is 2. The van der Waals surface area contributed by atoms with Gasteiger partial charge in [0, 0.05) is 13.1 Å². The lowest BCUT2D eigenvalue weighted by Crippen LogP contribution is -2.45. The first kappa shape index (κ1) is 16.9. The average Bonchev–Trinajstić information content (AvgIpc) is 2.56. The monoisotopic (exact) mass is 331 g/mol. The largest absolute Gasteiger partial charge is 0.372 e. The third kappa shape index (κ3) is 3.75. The zero-order valence-electron chi connectivity index (χ0n) is 14.1. The van der Waals surface area contributed by atoms with Crippen LogP contribution in [-0.2, 0) is 17.6 Å². The number of aryl methyl sites for hydroxylation is 2. The van der Waals surface area contributed by atoms with E-state index >= 15 is 0 Å². The average molecular weight is 331 g/mol. The van der Waals surface area contributed by atoms with Crippen molar-refractivity contribution >= 4 is 5.69 Å². The number of benzene rings is 2. The van der Waals surface area contributed by atoms with Gasteiger partial charge in [0.05, 0.1) is 17.9 Å². The van der Waals surface area contributed by atoms with E-state index in [0.29, 0.717) is 37.2 Å². The van der Waals surface area contributed by atoms with Gasteiger partial charge in [0.15, 0.2) is 11.6 Å². The van der Waals surface area contributed by atoms with E-state index in [1.54, 1.807) is 12.1 Å². The highest BCUT2D eigenvalue weighted by molar-refractivity contribution is 5.50. The molecule has 2 aromatic rings. The van der Waals surface area contributed by atoms with Crippen molar-refractivity contribution in [3.63, 3.8) is 0 Å². The molecule has 2 nitrogen and oxygen atoms in total. The Balaban J connectivity index is 1.76. The third-order valence-corrected chi connectivity index (χ3v) is 4.43. The lowest BCUT2D eigenvalue weighted by Gasteiger charge is -2.37. The first-order valence-corrected chi connectivity index (χ1v) is 8.46. The summed E-state index contributed by atoms with van der Waals surface area (Å²) in [6.45, 7) is 5.05. The van der Waals surface area contributed by atoms with Crippen LogP contribution < -0.4 is 4.90 Å². The van der Waals surface area contributed by atoms with Gasteiger partial charge in [-0.3, -0.25) is 0 Å². The van der Waals surface area contributed by atoms with Crippen molar-refractivity contribution in [3.8, 4) is 0 Å². The molecule has 0 aromatic heterocycles. The SMILES string of the molecule is C[C@@H]1CN(c2ccc(CCc3ccccc3)c(F)c2F)C[C@H](C)O1. The number of halogens is 2. The summed E-state index contributed by atoms with van der Waals surface area (Å²) >= 11 is 0. The Labute approximate surface area is 142 Å². The molecule has 1 fully saturated rings. The summed E-state index contributed by atoms with van der Waals surface area (Å²) < 4.78 is 34.7. The molecular formula is C20H23F2NO. The number of nitrogens with zero attached hydrogens (tertiary/aromatic N) is 1. The van der Waals surface area contributed by atoms with Crippen LogP contribution in [0.1, 0.15) is 25.0 Å². The minimum atomic E-state index is -0.748. The van der Waals surface area contributed by atoms with Crippen LogP contribution in [0.25, 0.3) is 0 Å². The molecule has 0 unspecified atom stereocenters. The van der Waals surface area contributed by atoms with E-state index in [1.807, 2.05) is 49.1 Å². The van der Waals surface area contributed by atoms with Crippen LogP contribution in [-0.4, -0.2) is 25.3 Å². The van der Waals surface area contributed by atoms with E-state index in [-0.39, 0.29) is 12.2 Å². The molecule has 1 heterocycles. The highest BCUT2D eigenvalue weighted by Crippen LogP contribution is 2.27. The second kappa shape index (κ2) is 7.31. The first-order chi connectivity index (χ1) is 11.5. The maximum Gasteiger partial charge on any atom is 0.182 e. The second-order valence-corrected chi connectivity index (χ2v) is 6.52.